The Morgan fingerprint density at radius 2 is 2.19 bits per heavy atom. The minimum atomic E-state index is -1.14. The van der Waals surface area contributed by atoms with Gasteiger partial charge in [-0.1, -0.05) is 11.6 Å². The van der Waals surface area contributed by atoms with Crippen molar-refractivity contribution >= 4 is 45.8 Å². The van der Waals surface area contributed by atoms with Gasteiger partial charge < -0.3 is 30.9 Å². The maximum Gasteiger partial charge on any atom is 0.250 e. The highest BCUT2D eigenvalue weighted by Gasteiger charge is 2.46. The first kappa shape index (κ1) is 24.3. The van der Waals surface area contributed by atoms with E-state index in [-0.39, 0.29) is 0 Å². The number of amides is 1. The molecule has 14 heteroatoms. The molecule has 4 heterocycles. The number of benzene rings is 1. The molecular formula is C22H23ClN8O4S. The van der Waals surface area contributed by atoms with Crippen LogP contribution in [0, 0.1) is 0 Å². The Labute approximate surface area is 214 Å². The summed E-state index contributed by atoms with van der Waals surface area (Å²) in [6.45, 7) is 0.691. The lowest BCUT2D eigenvalue weighted by atomic mass is 10.1. The second-order valence-electron chi connectivity index (χ2n) is 8.00. The van der Waals surface area contributed by atoms with Gasteiger partial charge in [0.1, 0.15) is 29.8 Å². The highest BCUT2D eigenvalue weighted by atomic mass is 35.5. The number of thiazole rings is 1. The number of imidazole rings is 1. The predicted octanol–water partition coefficient (Wildman–Crippen LogP) is 1.46. The molecule has 0 radical (unpaired) electrons. The fraction of sp³-hybridized carbons (Fsp3) is 0.318. The van der Waals surface area contributed by atoms with Crippen molar-refractivity contribution in [2.75, 3.05) is 12.4 Å². The van der Waals surface area contributed by atoms with Crippen molar-refractivity contribution in [1.29, 1.82) is 0 Å². The Bertz CT molecular complexity index is 1370. The van der Waals surface area contributed by atoms with Gasteiger partial charge >= 0.3 is 0 Å². The molecule has 188 valence electrons. The fourth-order valence-corrected chi connectivity index (χ4v) is 4.66. The van der Waals surface area contributed by atoms with Crippen LogP contribution in [0.4, 0.5) is 5.82 Å². The molecule has 1 aliphatic heterocycles. The Kier molecular flexibility index (Phi) is 6.98. The molecule has 5 N–H and O–H groups in total. The number of hydrogen-bond acceptors (Lipinski definition) is 11. The number of halogens is 1. The van der Waals surface area contributed by atoms with Gasteiger partial charge in [0.2, 0.25) is 0 Å². The molecule has 0 saturated carbocycles. The summed E-state index contributed by atoms with van der Waals surface area (Å²) in [6, 6.07) is 4.47. The highest BCUT2D eigenvalue weighted by Crippen LogP contribution is 2.32. The zero-order chi connectivity index (χ0) is 25.2. The quantitative estimate of drug-likeness (QED) is 0.262. The van der Waals surface area contributed by atoms with E-state index < -0.39 is 30.4 Å². The third-order valence-electron chi connectivity index (χ3n) is 5.76. The molecule has 1 fully saturated rings. The Hall–Kier alpha value is -3.36. The minimum Gasteiger partial charge on any atom is -0.486 e. The number of carbonyl (C=O) groups excluding carboxylic acids is 1. The average molecular weight is 531 g/mol. The number of hydrogen-bond donors (Lipinski definition) is 4. The number of nitrogens with two attached hydrogens (primary N) is 1. The van der Waals surface area contributed by atoms with Crippen molar-refractivity contribution in [3.8, 4) is 5.75 Å². The number of nitrogens with zero attached hydrogens (tertiary/aromatic N) is 5. The average Bonchev–Trinajstić information content (AvgIpc) is 3.62. The molecule has 1 saturated heterocycles. The summed E-state index contributed by atoms with van der Waals surface area (Å²) in [6.07, 6.45) is 1.50. The number of aromatic nitrogens is 5. The Morgan fingerprint density at radius 1 is 1.33 bits per heavy atom. The summed E-state index contributed by atoms with van der Waals surface area (Å²) < 4.78 is 13.3. The number of aliphatic hydroxyl groups is 1. The summed E-state index contributed by atoms with van der Waals surface area (Å²) >= 11 is 7.74. The van der Waals surface area contributed by atoms with E-state index in [0.29, 0.717) is 40.9 Å². The van der Waals surface area contributed by atoms with Crippen molar-refractivity contribution in [2.24, 2.45) is 5.73 Å². The van der Waals surface area contributed by atoms with Gasteiger partial charge in [-0.05, 0) is 18.2 Å². The molecule has 0 spiro atoms. The number of ether oxygens (including phenoxy) is 2. The van der Waals surface area contributed by atoms with E-state index in [2.05, 4.69) is 30.6 Å². The highest BCUT2D eigenvalue weighted by molar-refractivity contribution is 7.09. The van der Waals surface area contributed by atoms with Crippen molar-refractivity contribution in [3.05, 3.63) is 58.0 Å². The van der Waals surface area contributed by atoms with Gasteiger partial charge in [0, 0.05) is 35.8 Å². The minimum absolute atomic E-state index is 0.345. The topological polar surface area (TPSA) is 162 Å². The molecule has 1 aromatic carbocycles. The van der Waals surface area contributed by atoms with Gasteiger partial charge in [0.05, 0.1) is 12.4 Å². The molecule has 5 rings (SSSR count). The summed E-state index contributed by atoms with van der Waals surface area (Å²) in [5.74, 6) is 0.707. The van der Waals surface area contributed by atoms with Crippen LogP contribution in [0.25, 0.3) is 11.2 Å². The molecule has 1 aliphatic rings. The normalized spacial score (nSPS) is 21.6. The largest absolute Gasteiger partial charge is 0.486 e. The van der Waals surface area contributed by atoms with Crippen LogP contribution in [0.2, 0.25) is 5.02 Å². The lowest BCUT2D eigenvalue weighted by molar-refractivity contribution is -0.134. The molecule has 36 heavy (non-hydrogen) atoms. The summed E-state index contributed by atoms with van der Waals surface area (Å²) in [7, 11) is 1.48. The molecule has 0 aliphatic carbocycles. The summed E-state index contributed by atoms with van der Waals surface area (Å²) in [5, 5.41) is 19.7. The molecule has 4 atom stereocenters. The number of fused-ring (bicyclic) bond motifs is 1. The van der Waals surface area contributed by atoms with Crippen molar-refractivity contribution in [1.82, 2.24) is 29.8 Å². The van der Waals surface area contributed by atoms with E-state index in [1.54, 1.807) is 12.3 Å². The Morgan fingerprint density at radius 3 is 2.97 bits per heavy atom. The monoisotopic (exact) mass is 530 g/mol. The van der Waals surface area contributed by atoms with Crippen molar-refractivity contribution < 1.29 is 19.4 Å². The van der Waals surface area contributed by atoms with Crippen LogP contribution in [0.1, 0.15) is 16.8 Å². The number of anilines is 1. The van der Waals surface area contributed by atoms with Crippen LogP contribution in [0.15, 0.2) is 42.4 Å². The third kappa shape index (κ3) is 4.70. The van der Waals surface area contributed by atoms with Gasteiger partial charge in [-0.25, -0.2) is 19.9 Å². The second kappa shape index (κ2) is 10.3. The molecule has 0 unspecified atom stereocenters. The lowest BCUT2D eigenvalue weighted by Gasteiger charge is -2.17. The maximum absolute atomic E-state index is 12.1. The van der Waals surface area contributed by atoms with E-state index in [9.17, 15) is 9.90 Å². The first-order valence-electron chi connectivity index (χ1n) is 11.0. The van der Waals surface area contributed by atoms with Crippen molar-refractivity contribution in [2.45, 2.75) is 37.6 Å². The summed E-state index contributed by atoms with van der Waals surface area (Å²) in [5.41, 5.74) is 7.71. The predicted molar refractivity (Wildman–Crippen MR) is 133 cm³/mol. The number of likely N-dealkylation sites (N-methyl/N-ethyl adjacent to an activating group) is 1. The number of nitrogens with one attached hydrogen (secondary N) is 2. The van der Waals surface area contributed by atoms with E-state index in [4.69, 9.17) is 26.8 Å². The van der Waals surface area contributed by atoms with Gasteiger partial charge in [-0.2, -0.15) is 0 Å². The molecule has 3 aromatic heterocycles. The zero-order valence-corrected chi connectivity index (χ0v) is 20.6. The molecular weight excluding hydrogens is 508 g/mol. The number of carbonyl (C=O) groups is 1. The maximum atomic E-state index is 12.1. The zero-order valence-electron chi connectivity index (χ0n) is 19.0. The summed E-state index contributed by atoms with van der Waals surface area (Å²) in [4.78, 5) is 29.4. The Balaban J connectivity index is 1.36. The fourth-order valence-electron chi connectivity index (χ4n) is 3.94. The van der Waals surface area contributed by atoms with Crippen LogP contribution in [0.3, 0.4) is 0 Å². The van der Waals surface area contributed by atoms with Gasteiger partial charge in [-0.15, -0.1) is 11.3 Å². The van der Waals surface area contributed by atoms with Crippen LogP contribution in [-0.4, -0.2) is 60.8 Å². The molecule has 0 bridgehead atoms. The molecule has 1 amide bonds. The van der Waals surface area contributed by atoms with Crippen molar-refractivity contribution in [3.63, 3.8) is 0 Å². The van der Waals surface area contributed by atoms with E-state index in [1.807, 2.05) is 17.5 Å². The molecule has 4 aromatic rings. The van der Waals surface area contributed by atoms with E-state index in [0.717, 1.165) is 10.6 Å². The third-order valence-corrected chi connectivity index (χ3v) is 6.75. The standard InChI is InChI=1S/C22H23ClN8O4S/c1-25-21(33)18-15(24)17(32)22(35-18)31-10-30-16-19(28-9-29-20(16)31)27-7-11-6-12(23)2-3-13(11)34-8-14-26-4-5-36-14/h2-6,9-10,15,17-18,22,32H,7-8,24H2,1H3,(H,25,33)(H,27,28,29)/t15-,17+,18-,22+/m0/s1. The van der Waals surface area contributed by atoms with Gasteiger partial charge in [-0.3, -0.25) is 9.36 Å². The first-order valence-corrected chi connectivity index (χ1v) is 12.2. The smallest absolute Gasteiger partial charge is 0.250 e. The van der Waals surface area contributed by atoms with Crippen LogP contribution >= 0.6 is 22.9 Å². The van der Waals surface area contributed by atoms with Crippen LogP contribution in [0.5, 0.6) is 5.75 Å². The van der Waals surface area contributed by atoms with E-state index >= 15 is 0 Å². The number of aliphatic hydroxyl groups excluding tert-OH is 1. The second-order valence-corrected chi connectivity index (χ2v) is 9.41. The SMILES string of the molecule is CNC(=O)[C@H]1O[C@@H](n2cnc3c(NCc4cc(Cl)ccc4OCc4nccs4)ncnc32)[C@H](O)[C@@H]1N. The molecule has 12 nitrogen and oxygen atoms in total. The van der Waals surface area contributed by atoms with Crippen LogP contribution in [-0.2, 0) is 22.7 Å². The lowest BCUT2D eigenvalue weighted by Crippen LogP contribution is -2.46. The first-order chi connectivity index (χ1) is 17.5. The van der Waals surface area contributed by atoms with E-state index in [1.165, 1.54) is 35.6 Å². The van der Waals surface area contributed by atoms with Gasteiger partial charge in [0.25, 0.3) is 5.91 Å². The van der Waals surface area contributed by atoms with Crippen LogP contribution < -0.4 is 21.1 Å². The number of rotatable bonds is 8. The van der Waals surface area contributed by atoms with Gasteiger partial charge in [0.15, 0.2) is 29.3 Å².